The standard InChI is InChI=1S/C3H8N3O7PSi/c7-14(8,9)13-15(10,11)12-5-6-2-1-4-3-6/h1-3,5,10-11H,(H2,7,8,9)/p+1. The number of phosphoric acid groups is 1. The van der Waals surface area contributed by atoms with Crippen molar-refractivity contribution in [3.63, 3.8) is 0 Å². The summed E-state index contributed by atoms with van der Waals surface area (Å²) < 4.78 is 19.2. The molecule has 1 rings (SSSR count). The molecule has 0 fully saturated rings. The van der Waals surface area contributed by atoms with E-state index in [0.29, 0.717) is 0 Å². The molecule has 0 aliphatic rings. The summed E-state index contributed by atoms with van der Waals surface area (Å²) in [5.74, 6) is 0. The Morgan fingerprint density at radius 2 is 2.13 bits per heavy atom. The summed E-state index contributed by atoms with van der Waals surface area (Å²) in [5, 5.41) is 0. The topological polar surface area (TPSA) is 148 Å². The third kappa shape index (κ3) is 5.01. The number of aromatic nitrogens is 2. The van der Waals surface area contributed by atoms with Crippen LogP contribution in [0, 0.1) is 0 Å². The smallest absolute Gasteiger partial charge is 0.366 e. The van der Waals surface area contributed by atoms with Gasteiger partial charge < -0.3 is 19.4 Å². The molecule has 0 radical (unpaired) electrons. The Morgan fingerprint density at radius 3 is 2.60 bits per heavy atom. The van der Waals surface area contributed by atoms with Crippen LogP contribution in [0.3, 0.4) is 0 Å². The van der Waals surface area contributed by atoms with Crippen LogP contribution in [0.5, 0.6) is 0 Å². The maximum atomic E-state index is 10.3. The number of aromatic amines is 1. The molecule has 0 aliphatic carbocycles. The summed E-state index contributed by atoms with van der Waals surface area (Å²) in [4.78, 5) is 37.0. The highest BCUT2D eigenvalue weighted by atomic mass is 31.2. The minimum atomic E-state index is -5.01. The number of rotatable bonds is 5. The fourth-order valence-electron chi connectivity index (χ4n) is 0.632. The van der Waals surface area contributed by atoms with Crippen LogP contribution in [-0.2, 0) is 13.3 Å². The van der Waals surface area contributed by atoms with E-state index in [1.165, 1.54) is 18.7 Å². The van der Waals surface area contributed by atoms with E-state index in [9.17, 15) is 4.57 Å². The molecule has 0 saturated carbocycles. The Labute approximate surface area is 84.4 Å². The molecular formula is C3H9N3O7PSi+. The molecule has 0 saturated heterocycles. The van der Waals surface area contributed by atoms with Crippen LogP contribution in [-0.4, -0.2) is 33.4 Å². The molecule has 15 heavy (non-hydrogen) atoms. The summed E-state index contributed by atoms with van der Waals surface area (Å²) in [7, 11) is -9.92. The molecule has 6 N–H and O–H groups in total. The number of H-pyrrole nitrogens is 1. The highest BCUT2D eigenvalue weighted by Crippen LogP contribution is 2.38. The molecule has 10 nitrogen and oxygen atoms in total. The first-order valence-electron chi connectivity index (χ1n) is 3.48. The largest absolute Gasteiger partial charge is 0.707 e. The van der Waals surface area contributed by atoms with Crippen LogP contribution < -0.4 is 10.3 Å². The van der Waals surface area contributed by atoms with Gasteiger partial charge in [-0.3, -0.25) is 4.21 Å². The van der Waals surface area contributed by atoms with Crippen LogP contribution in [0.2, 0.25) is 0 Å². The van der Waals surface area contributed by atoms with Gasteiger partial charge in [0, 0.05) is 0 Å². The van der Waals surface area contributed by atoms with Gasteiger partial charge in [-0.05, 0) is 0 Å². The zero-order chi connectivity index (χ0) is 11.5. The molecule has 0 aromatic carbocycles. The second kappa shape index (κ2) is 4.38. The van der Waals surface area contributed by atoms with Crippen molar-refractivity contribution in [1.82, 2.24) is 4.98 Å². The monoisotopic (exact) mass is 258 g/mol. The Bertz CT molecular complexity index is 348. The van der Waals surface area contributed by atoms with Gasteiger partial charge in [-0.2, -0.15) is 0 Å². The molecule has 0 spiro atoms. The van der Waals surface area contributed by atoms with Crippen molar-refractivity contribution in [3.05, 3.63) is 18.7 Å². The van der Waals surface area contributed by atoms with Crippen LogP contribution >= 0.6 is 7.82 Å². The molecule has 0 unspecified atom stereocenters. The maximum absolute atomic E-state index is 10.3. The van der Waals surface area contributed by atoms with E-state index in [-0.39, 0.29) is 0 Å². The summed E-state index contributed by atoms with van der Waals surface area (Å²) in [5.41, 5.74) is 1.97. The number of hydrogen-bond donors (Lipinski definition) is 6. The van der Waals surface area contributed by atoms with Gasteiger partial charge in [0.25, 0.3) is 6.33 Å². The average Bonchev–Trinajstić information content (AvgIpc) is 2.47. The van der Waals surface area contributed by atoms with Crippen molar-refractivity contribution >= 4 is 16.9 Å². The normalized spacial score (nSPS) is 12.8. The van der Waals surface area contributed by atoms with E-state index in [0.717, 1.165) is 4.68 Å². The third-order valence-electron chi connectivity index (χ3n) is 1.07. The lowest BCUT2D eigenvalue weighted by Crippen LogP contribution is -2.53. The van der Waals surface area contributed by atoms with Crippen LogP contribution in [0.4, 0.5) is 0 Å². The van der Waals surface area contributed by atoms with Gasteiger partial charge in [-0.15, -0.1) is 10.3 Å². The molecule has 1 heterocycles. The number of nitrogens with one attached hydrogen (secondary N) is 2. The maximum Gasteiger partial charge on any atom is 0.707 e. The van der Waals surface area contributed by atoms with Crippen molar-refractivity contribution in [1.29, 1.82) is 0 Å². The minimum Gasteiger partial charge on any atom is -0.366 e. The van der Waals surface area contributed by atoms with Gasteiger partial charge in [-0.25, -0.2) is 14.1 Å². The van der Waals surface area contributed by atoms with Gasteiger partial charge in [-0.1, -0.05) is 0 Å². The van der Waals surface area contributed by atoms with Gasteiger partial charge >= 0.3 is 16.9 Å². The van der Waals surface area contributed by atoms with E-state index in [1.54, 1.807) is 0 Å². The van der Waals surface area contributed by atoms with Crippen molar-refractivity contribution < 1.29 is 37.4 Å². The van der Waals surface area contributed by atoms with E-state index in [1.807, 2.05) is 5.59 Å². The first-order chi connectivity index (χ1) is 6.79. The fourth-order valence-corrected chi connectivity index (χ4v) is 2.24. The highest BCUT2D eigenvalue weighted by Gasteiger charge is 2.45. The Balaban J connectivity index is 2.46. The zero-order valence-electron chi connectivity index (χ0n) is 7.14. The quantitative estimate of drug-likeness (QED) is 0.145. The molecule has 1 aromatic heterocycles. The summed E-state index contributed by atoms with van der Waals surface area (Å²) in [6, 6.07) is 0. The molecule has 0 atom stereocenters. The third-order valence-corrected chi connectivity index (χ3v) is 3.33. The molecule has 0 aliphatic heterocycles. The summed E-state index contributed by atoms with van der Waals surface area (Å²) >= 11 is 0. The highest BCUT2D eigenvalue weighted by molar-refractivity contribution is 7.47. The van der Waals surface area contributed by atoms with E-state index >= 15 is 0 Å². The van der Waals surface area contributed by atoms with Crippen molar-refractivity contribution in [2.75, 3.05) is 5.59 Å². The van der Waals surface area contributed by atoms with Crippen LogP contribution in [0.25, 0.3) is 0 Å². The lowest BCUT2D eigenvalue weighted by molar-refractivity contribution is -0.675. The number of imidazole rings is 1. The van der Waals surface area contributed by atoms with Crippen molar-refractivity contribution in [2.45, 2.75) is 0 Å². The van der Waals surface area contributed by atoms with Crippen LogP contribution in [0.15, 0.2) is 18.7 Å². The first-order valence-corrected chi connectivity index (χ1v) is 6.72. The summed E-state index contributed by atoms with van der Waals surface area (Å²) in [6.45, 7) is 0. The van der Waals surface area contributed by atoms with Gasteiger partial charge in [0.15, 0.2) is 6.20 Å². The Kier molecular flexibility index (Phi) is 3.59. The predicted octanol–water partition coefficient (Wildman–Crippen LogP) is -2.69. The molecule has 86 valence electrons. The summed E-state index contributed by atoms with van der Waals surface area (Å²) in [6.07, 6.45) is 4.22. The first kappa shape index (κ1) is 12.3. The molecule has 0 amide bonds. The second-order valence-electron chi connectivity index (χ2n) is 2.34. The van der Waals surface area contributed by atoms with Crippen molar-refractivity contribution in [3.8, 4) is 0 Å². The number of nitrogens with zero attached hydrogens (tertiary/aromatic N) is 1. The molecule has 12 heteroatoms. The van der Waals surface area contributed by atoms with Crippen molar-refractivity contribution in [2.24, 2.45) is 0 Å². The molecular weight excluding hydrogens is 249 g/mol. The fraction of sp³-hybridized carbons (Fsp3) is 0. The molecule has 0 bridgehead atoms. The van der Waals surface area contributed by atoms with E-state index < -0.39 is 16.9 Å². The Hall–Kier alpha value is -0.783. The Morgan fingerprint density at radius 1 is 1.47 bits per heavy atom. The second-order valence-corrected chi connectivity index (χ2v) is 5.36. The number of hydrogen-bond acceptors (Lipinski definition) is 6. The minimum absolute atomic E-state index is 1.12. The lowest BCUT2D eigenvalue weighted by Gasteiger charge is -2.15. The van der Waals surface area contributed by atoms with Gasteiger partial charge in [0.1, 0.15) is 6.20 Å². The average molecular weight is 258 g/mol. The SMILES string of the molecule is O=P(O)(O)O[Si](O)(O)ON[n+]1cc[nH]c1. The van der Waals surface area contributed by atoms with Gasteiger partial charge in [0.2, 0.25) is 0 Å². The van der Waals surface area contributed by atoms with E-state index in [4.69, 9.17) is 19.4 Å². The van der Waals surface area contributed by atoms with Gasteiger partial charge in [0.05, 0.1) is 0 Å². The zero-order valence-corrected chi connectivity index (χ0v) is 9.03. The lowest BCUT2D eigenvalue weighted by atomic mass is 11.0. The van der Waals surface area contributed by atoms with E-state index in [2.05, 4.69) is 13.7 Å². The molecule has 1 aromatic rings. The van der Waals surface area contributed by atoms with Crippen LogP contribution in [0.1, 0.15) is 0 Å². The predicted molar refractivity (Wildman–Crippen MR) is 44.8 cm³/mol.